The smallest absolute Gasteiger partial charge is 0.164 e. The van der Waals surface area contributed by atoms with Gasteiger partial charge in [0.05, 0.1) is 11.0 Å². The first-order valence-corrected chi connectivity index (χ1v) is 21.1. The fraction of sp³-hybridized carbons (Fsp3) is 0. The monoisotopic (exact) mass is 806 g/mol. The summed E-state index contributed by atoms with van der Waals surface area (Å²) < 4.78 is 15.1. The minimum absolute atomic E-state index is 0.585. The maximum absolute atomic E-state index is 6.58. The van der Waals surface area contributed by atoms with Gasteiger partial charge in [-0.2, -0.15) is 0 Å². The van der Waals surface area contributed by atoms with E-state index in [2.05, 4.69) is 138 Å². The van der Waals surface area contributed by atoms with Crippen LogP contribution in [0.4, 0.5) is 0 Å². The second-order valence-corrected chi connectivity index (χ2v) is 16.0. The van der Waals surface area contributed by atoms with Crippen molar-refractivity contribution in [1.82, 2.24) is 19.5 Å². The van der Waals surface area contributed by atoms with Gasteiger partial charge in [-0.3, -0.25) is 0 Å². The molecule has 63 heavy (non-hydrogen) atoms. The highest BCUT2D eigenvalue weighted by Crippen LogP contribution is 2.40. The predicted octanol–water partition coefficient (Wildman–Crippen LogP) is 15.1. The second kappa shape index (κ2) is 14.0. The Bertz CT molecular complexity index is 3900. The number of hydrogen-bond donors (Lipinski definition) is 0. The first-order valence-electron chi connectivity index (χ1n) is 21.1. The molecular formula is C57H34N4O2. The van der Waals surface area contributed by atoms with Crippen LogP contribution in [-0.4, -0.2) is 19.5 Å². The molecule has 0 N–H and O–H groups in total. The Balaban J connectivity index is 0.916. The van der Waals surface area contributed by atoms with Crippen molar-refractivity contribution in [2.24, 2.45) is 0 Å². The number of benzene rings is 9. The van der Waals surface area contributed by atoms with E-state index in [0.29, 0.717) is 17.5 Å². The first kappa shape index (κ1) is 35.2. The zero-order chi connectivity index (χ0) is 41.4. The van der Waals surface area contributed by atoms with Gasteiger partial charge in [0.25, 0.3) is 0 Å². The van der Waals surface area contributed by atoms with Crippen LogP contribution in [0.2, 0.25) is 0 Å². The Kier molecular flexibility index (Phi) is 7.80. The molecule has 9 aromatic carbocycles. The minimum atomic E-state index is 0.585. The molecule has 0 saturated heterocycles. The third kappa shape index (κ3) is 5.84. The number of para-hydroxylation sites is 2. The van der Waals surface area contributed by atoms with Crippen molar-refractivity contribution in [1.29, 1.82) is 0 Å². The average Bonchev–Trinajstić information content (AvgIpc) is 4.02. The third-order valence-electron chi connectivity index (χ3n) is 12.3. The van der Waals surface area contributed by atoms with Crippen molar-refractivity contribution in [3.05, 3.63) is 206 Å². The zero-order valence-corrected chi connectivity index (χ0v) is 33.7. The highest BCUT2D eigenvalue weighted by Gasteiger charge is 2.18. The zero-order valence-electron chi connectivity index (χ0n) is 33.7. The van der Waals surface area contributed by atoms with E-state index in [1.54, 1.807) is 0 Å². The lowest BCUT2D eigenvalue weighted by molar-refractivity contribution is 0.668. The van der Waals surface area contributed by atoms with Crippen LogP contribution in [-0.2, 0) is 0 Å². The summed E-state index contributed by atoms with van der Waals surface area (Å²) in [4.78, 5) is 15.2. The standard InChI is InChI=1S/C57H34N4O2/c1-4-12-35(13-5-1)37-22-27-49-46(30-37)43-25-20-38(33-50(43)61(49)42-16-8-3-9-17-42)39-21-26-45-48-32-41(24-29-53(48)63-54(45)34-39)57-59-55(36-14-6-2-7-15-36)58-56(60-57)40-23-28-52-47(31-40)44-18-10-11-19-51(44)62-52/h1-34H. The lowest BCUT2D eigenvalue weighted by Gasteiger charge is -2.09. The molecule has 6 heteroatoms. The largest absolute Gasteiger partial charge is 0.456 e. The summed E-state index contributed by atoms with van der Waals surface area (Å²) >= 11 is 0. The molecule has 0 radical (unpaired) electrons. The van der Waals surface area contributed by atoms with Gasteiger partial charge in [0.15, 0.2) is 17.5 Å². The van der Waals surface area contributed by atoms with Gasteiger partial charge in [0.2, 0.25) is 0 Å². The number of nitrogens with zero attached hydrogens (tertiary/aromatic N) is 4. The fourth-order valence-electron chi connectivity index (χ4n) is 9.18. The Morgan fingerprint density at radius 1 is 0.270 bits per heavy atom. The normalized spacial score (nSPS) is 11.8. The number of furan rings is 2. The molecule has 0 unspecified atom stereocenters. The van der Waals surface area contributed by atoms with E-state index in [1.165, 1.54) is 27.4 Å². The van der Waals surface area contributed by atoms with Gasteiger partial charge in [-0.15, -0.1) is 0 Å². The molecule has 0 fully saturated rings. The molecule has 0 aliphatic rings. The maximum atomic E-state index is 6.58. The summed E-state index contributed by atoms with van der Waals surface area (Å²) in [5, 5.41) is 6.53. The lowest BCUT2D eigenvalue weighted by Crippen LogP contribution is -2.00. The fourth-order valence-corrected chi connectivity index (χ4v) is 9.18. The van der Waals surface area contributed by atoms with Gasteiger partial charge < -0.3 is 13.4 Å². The molecule has 13 rings (SSSR count). The van der Waals surface area contributed by atoms with E-state index in [4.69, 9.17) is 23.8 Å². The van der Waals surface area contributed by atoms with Crippen molar-refractivity contribution in [2.75, 3.05) is 0 Å². The lowest BCUT2D eigenvalue weighted by atomic mass is 10.00. The van der Waals surface area contributed by atoms with Crippen molar-refractivity contribution < 1.29 is 8.83 Å². The summed E-state index contributed by atoms with van der Waals surface area (Å²) in [6.45, 7) is 0. The Morgan fingerprint density at radius 2 is 0.746 bits per heavy atom. The molecule has 0 spiro atoms. The molecule has 0 saturated carbocycles. The van der Waals surface area contributed by atoms with Crippen molar-refractivity contribution in [3.8, 4) is 62.1 Å². The summed E-state index contributed by atoms with van der Waals surface area (Å²) in [5.41, 5.74) is 14.0. The molecule has 4 aromatic heterocycles. The number of hydrogen-bond acceptors (Lipinski definition) is 5. The van der Waals surface area contributed by atoms with Crippen molar-refractivity contribution >= 4 is 65.7 Å². The van der Waals surface area contributed by atoms with Gasteiger partial charge in [0, 0.05) is 54.7 Å². The highest BCUT2D eigenvalue weighted by atomic mass is 16.3. The summed E-state index contributed by atoms with van der Waals surface area (Å²) in [7, 11) is 0. The first-order chi connectivity index (χ1) is 31.2. The predicted molar refractivity (Wildman–Crippen MR) is 256 cm³/mol. The van der Waals surface area contributed by atoms with E-state index >= 15 is 0 Å². The van der Waals surface area contributed by atoms with Crippen LogP contribution in [0.25, 0.3) is 128 Å². The molecule has 294 valence electrons. The van der Waals surface area contributed by atoms with Gasteiger partial charge in [-0.05, 0) is 107 Å². The number of aromatic nitrogens is 4. The van der Waals surface area contributed by atoms with Crippen LogP contribution in [0, 0.1) is 0 Å². The molecule has 0 amide bonds. The van der Waals surface area contributed by atoms with Gasteiger partial charge in [-0.1, -0.05) is 121 Å². The molecule has 4 heterocycles. The van der Waals surface area contributed by atoms with E-state index < -0.39 is 0 Å². The molecular weight excluding hydrogens is 773 g/mol. The van der Waals surface area contributed by atoms with Crippen molar-refractivity contribution in [3.63, 3.8) is 0 Å². The van der Waals surface area contributed by atoms with E-state index in [0.717, 1.165) is 82.9 Å². The second-order valence-electron chi connectivity index (χ2n) is 16.0. The Labute approximate surface area is 361 Å². The van der Waals surface area contributed by atoms with E-state index in [-0.39, 0.29) is 0 Å². The topological polar surface area (TPSA) is 69.9 Å². The molecule has 0 bridgehead atoms. The van der Waals surface area contributed by atoms with Crippen LogP contribution >= 0.6 is 0 Å². The highest BCUT2D eigenvalue weighted by molar-refractivity contribution is 6.12. The number of fused-ring (bicyclic) bond motifs is 9. The van der Waals surface area contributed by atoms with Crippen molar-refractivity contribution in [2.45, 2.75) is 0 Å². The van der Waals surface area contributed by atoms with Gasteiger partial charge in [0.1, 0.15) is 22.3 Å². The summed E-state index contributed by atoms with van der Waals surface area (Å²) in [6, 6.07) is 71.8. The molecule has 6 nitrogen and oxygen atoms in total. The maximum Gasteiger partial charge on any atom is 0.164 e. The summed E-state index contributed by atoms with van der Waals surface area (Å²) in [6.07, 6.45) is 0. The molecule has 13 aromatic rings. The number of rotatable bonds is 6. The SMILES string of the molecule is c1ccc(-c2ccc3c(c2)c2ccc(-c4ccc5c(c4)oc4ccc(-c6nc(-c7ccccc7)nc(-c7ccc8oc9ccccc9c8c7)n6)cc45)cc2n3-c2ccccc2)cc1. The van der Waals surface area contributed by atoms with Crippen LogP contribution in [0.3, 0.4) is 0 Å². The molecule has 0 aliphatic carbocycles. The Hall–Kier alpha value is -8.61. The van der Waals surface area contributed by atoms with E-state index in [9.17, 15) is 0 Å². The van der Waals surface area contributed by atoms with Crippen LogP contribution in [0.1, 0.15) is 0 Å². The minimum Gasteiger partial charge on any atom is -0.456 e. The Morgan fingerprint density at radius 3 is 1.44 bits per heavy atom. The average molecular weight is 807 g/mol. The van der Waals surface area contributed by atoms with Gasteiger partial charge >= 0.3 is 0 Å². The molecule has 0 atom stereocenters. The van der Waals surface area contributed by atoms with E-state index in [1.807, 2.05) is 72.8 Å². The quantitative estimate of drug-likeness (QED) is 0.167. The van der Waals surface area contributed by atoms with Gasteiger partial charge in [-0.25, -0.2) is 15.0 Å². The van der Waals surface area contributed by atoms with Crippen LogP contribution in [0.15, 0.2) is 215 Å². The van der Waals surface area contributed by atoms with Crippen LogP contribution in [0.5, 0.6) is 0 Å². The molecule has 0 aliphatic heterocycles. The van der Waals surface area contributed by atoms with Crippen LogP contribution < -0.4 is 0 Å². The summed E-state index contributed by atoms with van der Waals surface area (Å²) in [5.74, 6) is 1.78. The third-order valence-corrected chi connectivity index (χ3v) is 12.3.